The highest BCUT2D eigenvalue weighted by Gasteiger charge is 2.15. The van der Waals surface area contributed by atoms with Crippen LogP contribution in [-0.4, -0.2) is 28.6 Å². The maximum Gasteiger partial charge on any atom is 0.337 e. The first-order valence-electron chi connectivity index (χ1n) is 4.16. The smallest absolute Gasteiger partial charge is 0.337 e. The Hall–Kier alpha value is -1.75. The third-order valence-corrected chi connectivity index (χ3v) is 1.90. The number of benzene rings is 1. The van der Waals surface area contributed by atoms with Crippen LogP contribution in [-0.2, 0) is 4.79 Å². The molecule has 0 spiro atoms. The van der Waals surface area contributed by atoms with E-state index in [0.29, 0.717) is 0 Å². The summed E-state index contributed by atoms with van der Waals surface area (Å²) in [6, 6.07) is 5.12. The van der Waals surface area contributed by atoms with Crippen LogP contribution in [0.25, 0.3) is 0 Å². The van der Waals surface area contributed by atoms with E-state index >= 15 is 0 Å². The summed E-state index contributed by atoms with van der Waals surface area (Å²) in [6.07, 6.45) is -1.63. The molecule has 1 aromatic carbocycles. The lowest BCUT2D eigenvalue weighted by atomic mass is 10.1. The molecule has 5 heteroatoms. The number of hydrogen-bond acceptors (Lipinski definition) is 3. The van der Waals surface area contributed by atoms with Crippen LogP contribution in [0, 0.1) is 0 Å². The zero-order valence-electron chi connectivity index (χ0n) is 7.68. The first kappa shape index (κ1) is 11.3. The molecule has 15 heavy (non-hydrogen) atoms. The van der Waals surface area contributed by atoms with Crippen LogP contribution in [0.3, 0.4) is 0 Å². The van der Waals surface area contributed by atoms with Crippen LogP contribution >= 0.6 is 0 Å². The SMILES string of the molecule is O=C(CF)c1ccc(C(O)C(=O)O)cc1. The fourth-order valence-corrected chi connectivity index (χ4v) is 1.07. The van der Waals surface area contributed by atoms with Crippen molar-refractivity contribution in [3.05, 3.63) is 35.4 Å². The second kappa shape index (κ2) is 4.65. The number of alkyl halides is 1. The normalized spacial score (nSPS) is 12.1. The highest BCUT2D eigenvalue weighted by Crippen LogP contribution is 2.14. The lowest BCUT2D eigenvalue weighted by Crippen LogP contribution is -2.10. The first-order valence-corrected chi connectivity index (χ1v) is 4.16. The zero-order chi connectivity index (χ0) is 11.4. The lowest BCUT2D eigenvalue weighted by Gasteiger charge is -2.05. The quantitative estimate of drug-likeness (QED) is 0.729. The van der Waals surface area contributed by atoms with Gasteiger partial charge in [0, 0.05) is 5.56 Å². The molecule has 0 bridgehead atoms. The number of Topliss-reactive ketones (excluding diaryl/α,β-unsaturated/α-hetero) is 1. The molecule has 0 aliphatic heterocycles. The highest BCUT2D eigenvalue weighted by molar-refractivity contribution is 5.97. The van der Waals surface area contributed by atoms with Crippen molar-refractivity contribution in [1.82, 2.24) is 0 Å². The van der Waals surface area contributed by atoms with Gasteiger partial charge in [-0.3, -0.25) is 4.79 Å². The molecule has 80 valence electrons. The number of aliphatic carboxylic acids is 1. The third-order valence-electron chi connectivity index (χ3n) is 1.90. The number of carboxylic acid groups (broad SMARTS) is 1. The fourth-order valence-electron chi connectivity index (χ4n) is 1.07. The van der Waals surface area contributed by atoms with Crippen molar-refractivity contribution in [2.45, 2.75) is 6.10 Å². The summed E-state index contributed by atoms with van der Waals surface area (Å²) in [7, 11) is 0. The van der Waals surface area contributed by atoms with Gasteiger partial charge in [0.15, 0.2) is 18.6 Å². The summed E-state index contributed by atoms with van der Waals surface area (Å²) in [5, 5.41) is 17.6. The topological polar surface area (TPSA) is 74.6 Å². The molecule has 2 N–H and O–H groups in total. The number of carbonyl (C=O) groups excluding carboxylic acids is 1. The molecule has 0 amide bonds. The Morgan fingerprint density at radius 1 is 1.27 bits per heavy atom. The van der Waals surface area contributed by atoms with Gasteiger partial charge in [0.25, 0.3) is 0 Å². The Labute approximate surface area is 85.0 Å². The van der Waals surface area contributed by atoms with Gasteiger partial charge in [0.1, 0.15) is 0 Å². The molecule has 0 radical (unpaired) electrons. The van der Waals surface area contributed by atoms with Gasteiger partial charge in [-0.2, -0.15) is 0 Å². The molecule has 0 saturated heterocycles. The van der Waals surface area contributed by atoms with Crippen molar-refractivity contribution in [2.75, 3.05) is 6.67 Å². The van der Waals surface area contributed by atoms with Crippen molar-refractivity contribution >= 4 is 11.8 Å². The van der Waals surface area contributed by atoms with Crippen molar-refractivity contribution in [2.24, 2.45) is 0 Å². The van der Waals surface area contributed by atoms with Crippen molar-refractivity contribution < 1.29 is 24.2 Å². The van der Waals surface area contributed by atoms with Gasteiger partial charge in [-0.15, -0.1) is 0 Å². The van der Waals surface area contributed by atoms with Crippen LogP contribution in [0.2, 0.25) is 0 Å². The Morgan fingerprint density at radius 2 is 1.80 bits per heavy atom. The van der Waals surface area contributed by atoms with E-state index in [9.17, 15) is 14.0 Å². The standard InChI is InChI=1S/C10H9FO4/c11-5-8(12)6-1-3-7(4-2-6)9(13)10(14)15/h1-4,9,13H,5H2,(H,14,15). The van der Waals surface area contributed by atoms with E-state index in [1.807, 2.05) is 0 Å². The molecule has 0 aromatic heterocycles. The summed E-state index contributed by atoms with van der Waals surface area (Å²) >= 11 is 0. The summed E-state index contributed by atoms with van der Waals surface area (Å²) in [6.45, 7) is -1.10. The van der Waals surface area contributed by atoms with Crippen molar-refractivity contribution in [3.8, 4) is 0 Å². The predicted molar refractivity (Wildman–Crippen MR) is 49.3 cm³/mol. The Balaban J connectivity index is 2.90. The van der Waals surface area contributed by atoms with Crippen LogP contribution < -0.4 is 0 Å². The lowest BCUT2D eigenvalue weighted by molar-refractivity contribution is -0.146. The summed E-state index contributed by atoms with van der Waals surface area (Å²) in [5.74, 6) is -2.05. The number of ketones is 1. The average molecular weight is 212 g/mol. The molecule has 0 aliphatic carbocycles. The maximum absolute atomic E-state index is 12.0. The number of aliphatic hydroxyl groups excluding tert-OH is 1. The van der Waals surface area contributed by atoms with E-state index in [1.54, 1.807) is 0 Å². The molecular formula is C10H9FO4. The molecule has 0 fully saturated rings. The van der Waals surface area contributed by atoms with E-state index in [0.717, 1.165) is 0 Å². The Kier molecular flexibility index (Phi) is 3.51. The molecule has 0 saturated carbocycles. The van der Waals surface area contributed by atoms with Gasteiger partial charge in [-0.05, 0) is 5.56 Å². The number of carboxylic acids is 1. The second-order valence-electron chi connectivity index (χ2n) is 2.92. The largest absolute Gasteiger partial charge is 0.479 e. The Morgan fingerprint density at radius 3 is 2.20 bits per heavy atom. The van der Waals surface area contributed by atoms with Gasteiger partial charge >= 0.3 is 5.97 Å². The van der Waals surface area contributed by atoms with Gasteiger partial charge < -0.3 is 10.2 Å². The van der Waals surface area contributed by atoms with Gasteiger partial charge in [0.05, 0.1) is 0 Å². The molecule has 1 atom stereocenters. The molecule has 0 heterocycles. The van der Waals surface area contributed by atoms with Crippen LogP contribution in [0.5, 0.6) is 0 Å². The maximum atomic E-state index is 12.0. The van der Waals surface area contributed by atoms with Crippen LogP contribution in [0.15, 0.2) is 24.3 Å². The zero-order valence-corrected chi connectivity index (χ0v) is 7.68. The first-order chi connectivity index (χ1) is 7.06. The number of hydrogen-bond donors (Lipinski definition) is 2. The molecular weight excluding hydrogens is 203 g/mol. The van der Waals surface area contributed by atoms with E-state index in [1.165, 1.54) is 24.3 Å². The number of carbonyl (C=O) groups is 2. The Bertz CT molecular complexity index is 372. The van der Waals surface area contributed by atoms with E-state index < -0.39 is 24.5 Å². The average Bonchev–Trinajstić information content (AvgIpc) is 2.27. The fraction of sp³-hybridized carbons (Fsp3) is 0.200. The summed E-state index contributed by atoms with van der Waals surface area (Å²) < 4.78 is 12.0. The highest BCUT2D eigenvalue weighted by atomic mass is 19.1. The van der Waals surface area contributed by atoms with Gasteiger partial charge in [-0.25, -0.2) is 9.18 Å². The predicted octanol–water partition coefficient (Wildman–Crippen LogP) is 0.957. The molecule has 4 nitrogen and oxygen atoms in total. The second-order valence-corrected chi connectivity index (χ2v) is 2.92. The van der Waals surface area contributed by atoms with Crippen LogP contribution in [0.4, 0.5) is 4.39 Å². The summed E-state index contributed by atoms with van der Waals surface area (Å²) in [4.78, 5) is 21.3. The van der Waals surface area contributed by atoms with Crippen molar-refractivity contribution in [1.29, 1.82) is 0 Å². The number of halogens is 1. The van der Waals surface area contributed by atoms with Gasteiger partial charge in [0.2, 0.25) is 0 Å². The minimum Gasteiger partial charge on any atom is -0.479 e. The minimum atomic E-state index is -1.63. The molecule has 0 aliphatic rings. The van der Waals surface area contributed by atoms with E-state index in [2.05, 4.69) is 0 Å². The van der Waals surface area contributed by atoms with Gasteiger partial charge in [-0.1, -0.05) is 24.3 Å². The molecule has 1 rings (SSSR count). The van der Waals surface area contributed by atoms with Crippen LogP contribution in [0.1, 0.15) is 22.0 Å². The number of aliphatic hydroxyl groups is 1. The molecule has 1 aromatic rings. The number of rotatable bonds is 4. The van der Waals surface area contributed by atoms with Crippen molar-refractivity contribution in [3.63, 3.8) is 0 Å². The van der Waals surface area contributed by atoms with E-state index in [4.69, 9.17) is 10.2 Å². The van der Waals surface area contributed by atoms with E-state index in [-0.39, 0.29) is 11.1 Å². The monoisotopic (exact) mass is 212 g/mol. The molecule has 1 unspecified atom stereocenters. The summed E-state index contributed by atoms with van der Waals surface area (Å²) in [5.41, 5.74) is 0.303. The minimum absolute atomic E-state index is 0.151. The third kappa shape index (κ3) is 2.60.